The van der Waals surface area contributed by atoms with Gasteiger partial charge >= 0.3 is 0 Å². The fraction of sp³-hybridized carbons (Fsp3) is 0.375. The summed E-state index contributed by atoms with van der Waals surface area (Å²) in [6.45, 7) is 10.6. The van der Waals surface area contributed by atoms with Gasteiger partial charge in [-0.15, -0.1) is 0 Å². The van der Waals surface area contributed by atoms with Crippen LogP contribution < -0.4 is 5.32 Å². The molecule has 0 spiro atoms. The molecule has 0 amide bonds. The molecule has 0 aliphatic carbocycles. The van der Waals surface area contributed by atoms with Gasteiger partial charge in [-0.3, -0.25) is 9.97 Å². The van der Waals surface area contributed by atoms with E-state index in [4.69, 9.17) is 12.2 Å². The second-order valence-electron chi connectivity index (χ2n) is 8.45. The van der Waals surface area contributed by atoms with Crippen molar-refractivity contribution in [2.75, 3.05) is 6.54 Å². The van der Waals surface area contributed by atoms with Crippen molar-refractivity contribution in [2.24, 2.45) is 5.92 Å². The van der Waals surface area contributed by atoms with Crippen LogP contribution >= 0.6 is 12.2 Å². The molecule has 1 aliphatic rings. The maximum absolute atomic E-state index is 5.77. The zero-order valence-electron chi connectivity index (χ0n) is 18.0. The lowest BCUT2D eigenvalue weighted by atomic mass is 9.96. The minimum atomic E-state index is 0.0322. The van der Waals surface area contributed by atoms with Gasteiger partial charge < -0.3 is 14.8 Å². The van der Waals surface area contributed by atoms with Crippen LogP contribution in [0.15, 0.2) is 55.0 Å². The summed E-state index contributed by atoms with van der Waals surface area (Å²) in [5, 5.41) is 4.36. The average Bonchev–Trinajstić information content (AvgIpc) is 3.20. The zero-order valence-corrected chi connectivity index (χ0v) is 18.9. The van der Waals surface area contributed by atoms with Gasteiger partial charge in [0, 0.05) is 43.1 Å². The first-order valence-electron chi connectivity index (χ1n) is 10.5. The van der Waals surface area contributed by atoms with Gasteiger partial charge in [0.05, 0.1) is 17.8 Å². The van der Waals surface area contributed by atoms with Crippen LogP contribution in [0.4, 0.5) is 0 Å². The second-order valence-corrected chi connectivity index (χ2v) is 8.83. The molecule has 0 saturated carbocycles. The topological polar surface area (TPSA) is 46.0 Å². The lowest BCUT2D eigenvalue weighted by Crippen LogP contribution is -2.33. The summed E-state index contributed by atoms with van der Waals surface area (Å²) < 4.78 is 2.37. The van der Waals surface area contributed by atoms with Crippen molar-refractivity contribution in [1.82, 2.24) is 24.8 Å². The number of hydrogen-bond acceptors (Lipinski definition) is 3. The number of pyridine rings is 2. The monoisotopic (exact) mass is 419 g/mol. The summed E-state index contributed by atoms with van der Waals surface area (Å²) in [7, 11) is 0. The van der Waals surface area contributed by atoms with Crippen LogP contribution in [0.5, 0.6) is 0 Å². The SMILES string of the molecule is Cc1cc([C@H]2[C@H](c3ccccn3)NC(=S)N2CC(C)C)c(C)n1Cc1cccnc1. The Morgan fingerprint density at radius 2 is 1.97 bits per heavy atom. The third-order valence-electron chi connectivity index (χ3n) is 5.75. The van der Waals surface area contributed by atoms with Gasteiger partial charge in [0.25, 0.3) is 0 Å². The lowest BCUT2D eigenvalue weighted by molar-refractivity contribution is 0.286. The van der Waals surface area contributed by atoms with Gasteiger partial charge in [-0.1, -0.05) is 26.0 Å². The predicted octanol–water partition coefficient (Wildman–Crippen LogP) is 4.57. The molecule has 1 saturated heterocycles. The molecular weight excluding hydrogens is 390 g/mol. The number of nitrogens with one attached hydrogen (secondary N) is 1. The van der Waals surface area contributed by atoms with Gasteiger partial charge in [0.15, 0.2) is 5.11 Å². The summed E-state index contributed by atoms with van der Waals surface area (Å²) in [6, 6.07) is 12.7. The third kappa shape index (κ3) is 3.97. The lowest BCUT2D eigenvalue weighted by Gasteiger charge is -2.29. The number of nitrogens with zero attached hydrogens (tertiary/aromatic N) is 4. The van der Waals surface area contributed by atoms with E-state index in [1.54, 1.807) is 0 Å². The smallest absolute Gasteiger partial charge is 0.170 e. The number of aryl methyl sites for hydroxylation is 1. The minimum absolute atomic E-state index is 0.0322. The van der Waals surface area contributed by atoms with E-state index in [1.807, 2.05) is 36.8 Å². The summed E-state index contributed by atoms with van der Waals surface area (Å²) in [6.07, 6.45) is 5.61. The van der Waals surface area contributed by atoms with Crippen molar-refractivity contribution in [2.45, 2.75) is 46.3 Å². The third-order valence-corrected chi connectivity index (χ3v) is 6.11. The molecule has 30 heavy (non-hydrogen) atoms. The molecule has 4 heterocycles. The van der Waals surface area contributed by atoms with Crippen LogP contribution in [0.3, 0.4) is 0 Å². The van der Waals surface area contributed by atoms with E-state index in [2.05, 4.69) is 70.6 Å². The first kappa shape index (κ1) is 20.5. The summed E-state index contributed by atoms with van der Waals surface area (Å²) >= 11 is 5.77. The maximum atomic E-state index is 5.77. The highest BCUT2D eigenvalue weighted by molar-refractivity contribution is 7.80. The number of aromatic nitrogens is 3. The normalized spacial score (nSPS) is 18.8. The summed E-state index contributed by atoms with van der Waals surface area (Å²) in [5.74, 6) is 0.508. The van der Waals surface area contributed by atoms with E-state index in [9.17, 15) is 0 Å². The van der Waals surface area contributed by atoms with Crippen molar-refractivity contribution in [3.05, 3.63) is 83.2 Å². The Labute approximate surface area is 184 Å². The average molecular weight is 420 g/mol. The largest absolute Gasteiger partial charge is 0.352 e. The Kier molecular flexibility index (Phi) is 5.86. The zero-order chi connectivity index (χ0) is 21.3. The highest BCUT2D eigenvalue weighted by atomic mass is 32.1. The standard InChI is InChI=1S/C24H29N5S/c1-16(2)14-29-23(22(27-24(29)30)21-9-5-6-11-26-21)20-12-17(3)28(18(20)4)15-19-8-7-10-25-13-19/h5-13,16,22-23H,14-15H2,1-4H3,(H,27,30)/t22-,23-/m0/s1. The van der Waals surface area contributed by atoms with Crippen molar-refractivity contribution < 1.29 is 0 Å². The highest BCUT2D eigenvalue weighted by Gasteiger charge is 2.41. The van der Waals surface area contributed by atoms with Gasteiger partial charge in [0.1, 0.15) is 0 Å². The van der Waals surface area contributed by atoms with Crippen molar-refractivity contribution in [3.63, 3.8) is 0 Å². The van der Waals surface area contributed by atoms with Crippen LogP contribution in [-0.4, -0.2) is 31.1 Å². The van der Waals surface area contributed by atoms with Gasteiger partial charge in [-0.2, -0.15) is 0 Å². The van der Waals surface area contributed by atoms with E-state index < -0.39 is 0 Å². The Morgan fingerprint density at radius 3 is 2.63 bits per heavy atom. The molecule has 0 bridgehead atoms. The Balaban J connectivity index is 1.76. The molecule has 4 rings (SSSR count). The van der Waals surface area contributed by atoms with Gasteiger partial charge in [-0.25, -0.2) is 0 Å². The molecule has 1 fully saturated rings. The van der Waals surface area contributed by atoms with Crippen molar-refractivity contribution in [1.29, 1.82) is 0 Å². The van der Waals surface area contributed by atoms with Crippen LogP contribution in [0.25, 0.3) is 0 Å². The summed E-state index contributed by atoms with van der Waals surface area (Å²) in [4.78, 5) is 11.3. The fourth-order valence-electron chi connectivity index (χ4n) is 4.38. The van der Waals surface area contributed by atoms with Gasteiger partial charge in [0.2, 0.25) is 0 Å². The molecule has 5 nitrogen and oxygen atoms in total. The van der Waals surface area contributed by atoms with Crippen molar-refractivity contribution in [3.8, 4) is 0 Å². The molecule has 1 N–H and O–H groups in total. The van der Waals surface area contributed by atoms with Crippen LogP contribution in [-0.2, 0) is 6.54 Å². The number of hydrogen-bond donors (Lipinski definition) is 1. The quantitative estimate of drug-likeness (QED) is 0.593. The number of thiocarbonyl (C=S) groups is 1. The van der Waals surface area contributed by atoms with Crippen LogP contribution in [0.1, 0.15) is 54.1 Å². The summed E-state index contributed by atoms with van der Waals surface area (Å²) in [5.41, 5.74) is 6.04. The Bertz CT molecular complexity index is 1010. The molecule has 0 radical (unpaired) electrons. The molecular formula is C24H29N5S. The van der Waals surface area contributed by atoms with Crippen LogP contribution in [0, 0.1) is 19.8 Å². The Hall–Kier alpha value is -2.73. The van der Waals surface area contributed by atoms with Crippen LogP contribution in [0.2, 0.25) is 0 Å². The molecule has 1 aliphatic heterocycles. The maximum Gasteiger partial charge on any atom is 0.170 e. The molecule has 6 heteroatoms. The van der Waals surface area contributed by atoms with Gasteiger partial charge in [-0.05, 0) is 67.4 Å². The van der Waals surface area contributed by atoms with E-state index >= 15 is 0 Å². The van der Waals surface area contributed by atoms with Crippen molar-refractivity contribution >= 4 is 17.3 Å². The molecule has 3 aromatic heterocycles. The predicted molar refractivity (Wildman–Crippen MR) is 124 cm³/mol. The van der Waals surface area contributed by atoms with E-state index in [-0.39, 0.29) is 12.1 Å². The number of rotatable bonds is 6. The Morgan fingerprint density at radius 1 is 1.13 bits per heavy atom. The van der Waals surface area contributed by atoms with E-state index in [0.29, 0.717) is 5.92 Å². The second kappa shape index (κ2) is 8.56. The molecule has 3 aromatic rings. The molecule has 0 unspecified atom stereocenters. The van der Waals surface area contributed by atoms with E-state index in [0.717, 1.165) is 23.9 Å². The molecule has 156 valence electrons. The molecule has 0 aromatic carbocycles. The van der Waals surface area contributed by atoms with E-state index in [1.165, 1.54) is 22.5 Å². The minimum Gasteiger partial charge on any atom is -0.352 e. The first-order chi connectivity index (χ1) is 14.5. The highest BCUT2D eigenvalue weighted by Crippen LogP contribution is 2.41. The fourth-order valence-corrected chi connectivity index (χ4v) is 4.69. The molecule has 2 atom stereocenters. The first-order valence-corrected chi connectivity index (χ1v) is 10.9.